The van der Waals surface area contributed by atoms with Gasteiger partial charge < -0.3 is 9.80 Å². The SMILES string of the molecule is C[Si](C)(C)c1ccc(N(c2ccc(C#N)cc2)c2cc(C3CCCCC3)c3ccc4c(N(c5ccc(C#N)cc5)c5ccc([Si](C)(C)C)cc5)cc(C5CCCCC5)c5ccc2c3c54)cc1. The van der Waals surface area contributed by atoms with E-state index in [1.807, 2.05) is 24.3 Å². The van der Waals surface area contributed by atoms with Gasteiger partial charge in [-0.15, -0.1) is 0 Å². The van der Waals surface area contributed by atoms with Crippen molar-refractivity contribution in [3.8, 4) is 12.1 Å². The summed E-state index contributed by atoms with van der Waals surface area (Å²) in [6.45, 7) is 14.5. The third-order valence-electron chi connectivity index (χ3n) is 15.0. The molecule has 2 fully saturated rings. The lowest BCUT2D eigenvalue weighted by molar-refractivity contribution is 0.445. The van der Waals surface area contributed by atoms with Crippen LogP contribution in [0.1, 0.15) is 98.3 Å². The third-order valence-corrected chi connectivity index (χ3v) is 19.1. The minimum atomic E-state index is -1.55. The maximum Gasteiger partial charge on any atom is 0.0991 e. The van der Waals surface area contributed by atoms with E-state index in [-0.39, 0.29) is 0 Å². The molecule has 0 unspecified atom stereocenters. The molecule has 2 aliphatic rings. The maximum absolute atomic E-state index is 9.90. The van der Waals surface area contributed by atoms with Crippen LogP contribution in [-0.2, 0) is 0 Å². The van der Waals surface area contributed by atoms with Crippen LogP contribution in [0.15, 0.2) is 133 Å². The summed E-state index contributed by atoms with van der Waals surface area (Å²) in [7, 11) is -3.11. The maximum atomic E-state index is 9.90. The molecule has 6 heteroatoms. The average molecular weight is 895 g/mol. The van der Waals surface area contributed by atoms with E-state index in [1.54, 1.807) is 0 Å². The summed E-state index contributed by atoms with van der Waals surface area (Å²) < 4.78 is 0. The lowest BCUT2D eigenvalue weighted by atomic mass is 9.77. The van der Waals surface area contributed by atoms with Crippen LogP contribution < -0.4 is 20.2 Å². The molecular formula is C60H62N4Si2. The molecule has 0 saturated heterocycles. The second-order valence-corrected chi connectivity index (χ2v) is 31.4. The highest BCUT2D eigenvalue weighted by molar-refractivity contribution is 6.89. The van der Waals surface area contributed by atoms with Crippen molar-refractivity contribution < 1.29 is 0 Å². The van der Waals surface area contributed by atoms with E-state index in [2.05, 4.69) is 170 Å². The minimum absolute atomic E-state index is 0.469. The first-order valence-electron chi connectivity index (χ1n) is 24.5. The molecule has 0 atom stereocenters. The predicted molar refractivity (Wildman–Crippen MR) is 287 cm³/mol. The van der Waals surface area contributed by atoms with Gasteiger partial charge in [0.1, 0.15) is 0 Å². The van der Waals surface area contributed by atoms with Gasteiger partial charge in [0, 0.05) is 33.5 Å². The van der Waals surface area contributed by atoms with Crippen LogP contribution in [0.3, 0.4) is 0 Å². The molecular weight excluding hydrogens is 833 g/mol. The summed E-state index contributed by atoms with van der Waals surface area (Å²) in [6.07, 6.45) is 12.4. The van der Waals surface area contributed by atoms with Gasteiger partial charge in [-0.2, -0.15) is 10.5 Å². The van der Waals surface area contributed by atoms with Gasteiger partial charge in [-0.1, -0.05) is 137 Å². The van der Waals surface area contributed by atoms with Gasteiger partial charge in [0.15, 0.2) is 0 Å². The zero-order chi connectivity index (χ0) is 45.7. The van der Waals surface area contributed by atoms with Crippen molar-refractivity contribution in [2.45, 2.75) is 115 Å². The minimum Gasteiger partial charge on any atom is -0.310 e. The predicted octanol–water partition coefficient (Wildman–Crippen LogP) is 16.5. The van der Waals surface area contributed by atoms with Gasteiger partial charge in [0.2, 0.25) is 0 Å². The molecule has 2 saturated carbocycles. The quantitative estimate of drug-likeness (QED) is 0.101. The molecule has 8 aromatic rings. The molecule has 0 aromatic heterocycles. The Morgan fingerprint density at radius 2 is 0.697 bits per heavy atom. The number of benzene rings is 8. The van der Waals surface area contributed by atoms with E-state index in [0.717, 1.165) is 22.7 Å². The normalized spacial score (nSPS) is 15.3. The van der Waals surface area contributed by atoms with E-state index in [0.29, 0.717) is 23.0 Å². The monoisotopic (exact) mass is 894 g/mol. The largest absolute Gasteiger partial charge is 0.310 e. The molecule has 0 spiro atoms. The number of anilines is 6. The second-order valence-electron chi connectivity index (χ2n) is 21.3. The van der Waals surface area contributed by atoms with E-state index >= 15 is 0 Å². The van der Waals surface area contributed by atoms with Crippen molar-refractivity contribution in [3.05, 3.63) is 156 Å². The van der Waals surface area contributed by atoms with Crippen LogP contribution in [0.25, 0.3) is 32.3 Å². The highest BCUT2D eigenvalue weighted by Gasteiger charge is 2.30. The van der Waals surface area contributed by atoms with Crippen LogP contribution in [0, 0.1) is 22.7 Å². The molecule has 8 aromatic carbocycles. The summed E-state index contributed by atoms with van der Waals surface area (Å²) >= 11 is 0. The topological polar surface area (TPSA) is 54.1 Å². The van der Waals surface area contributed by atoms with Gasteiger partial charge >= 0.3 is 0 Å². The van der Waals surface area contributed by atoms with Crippen molar-refractivity contribution in [2.24, 2.45) is 0 Å². The highest BCUT2D eigenvalue weighted by Crippen LogP contribution is 2.53. The molecule has 2 aliphatic carbocycles. The Morgan fingerprint density at radius 3 is 1.00 bits per heavy atom. The second kappa shape index (κ2) is 17.6. The van der Waals surface area contributed by atoms with E-state index in [1.165, 1.54) is 129 Å². The van der Waals surface area contributed by atoms with Crippen LogP contribution in [0.5, 0.6) is 0 Å². The van der Waals surface area contributed by atoms with E-state index < -0.39 is 16.1 Å². The summed E-state index contributed by atoms with van der Waals surface area (Å²) in [6, 6.07) is 54.7. The van der Waals surface area contributed by atoms with Crippen LogP contribution in [0.2, 0.25) is 39.3 Å². The first-order valence-corrected chi connectivity index (χ1v) is 31.5. The number of nitrogens with zero attached hydrogens (tertiary/aromatic N) is 4. The first-order chi connectivity index (χ1) is 31.9. The van der Waals surface area contributed by atoms with Crippen LogP contribution in [0.4, 0.5) is 34.1 Å². The first kappa shape index (κ1) is 43.7. The molecule has 4 nitrogen and oxygen atoms in total. The van der Waals surface area contributed by atoms with Gasteiger partial charge in [0.05, 0.1) is 50.8 Å². The van der Waals surface area contributed by atoms with Crippen molar-refractivity contribution in [3.63, 3.8) is 0 Å². The summed E-state index contributed by atoms with van der Waals surface area (Å²) in [5.41, 5.74) is 11.0. The van der Waals surface area contributed by atoms with Crippen molar-refractivity contribution >= 4 is 93.0 Å². The van der Waals surface area contributed by atoms with Crippen molar-refractivity contribution in [1.82, 2.24) is 0 Å². The Hall–Kier alpha value is -6.19. The summed E-state index contributed by atoms with van der Waals surface area (Å²) in [5, 5.41) is 30.6. The number of hydrogen-bond acceptors (Lipinski definition) is 4. The smallest absolute Gasteiger partial charge is 0.0991 e. The van der Waals surface area contributed by atoms with Crippen LogP contribution >= 0.6 is 0 Å². The fourth-order valence-corrected chi connectivity index (χ4v) is 13.7. The zero-order valence-electron chi connectivity index (χ0n) is 39.7. The third kappa shape index (κ3) is 8.10. The average Bonchev–Trinajstić information content (AvgIpc) is 3.34. The fourth-order valence-electron chi connectivity index (χ4n) is 11.3. The Bertz CT molecular complexity index is 2900. The number of rotatable bonds is 10. The standard InChI is InChI=1S/C60H62N4Si2/c1-65(2,3)49-29-25-47(26-30-49)63(45-21-17-41(39-61)18-22-45)57-37-55(43-13-9-7-10-14-43)51-34-36-54-58(38-56(44-15-11-8-12-16-44)52-33-35-53(57)59(51)60(52)54)64(46-23-19-42(40-62)20-24-46)48-27-31-50(32-28-48)66(4,5)6/h17-38,43-44H,7-16H2,1-6H3. The van der Waals surface area contributed by atoms with Gasteiger partial charge in [-0.3, -0.25) is 0 Å². The molecule has 0 radical (unpaired) electrons. The van der Waals surface area contributed by atoms with E-state index in [4.69, 9.17) is 0 Å². The number of nitriles is 2. The Balaban J connectivity index is 1.31. The molecule has 0 aliphatic heterocycles. The fraction of sp³-hybridized carbons (Fsp3) is 0.300. The summed E-state index contributed by atoms with van der Waals surface area (Å²) in [5.74, 6) is 0.938. The van der Waals surface area contributed by atoms with E-state index in [9.17, 15) is 10.5 Å². The molecule has 10 rings (SSSR count). The molecule has 0 bridgehead atoms. The molecule has 0 amide bonds. The Morgan fingerprint density at radius 1 is 0.394 bits per heavy atom. The van der Waals surface area contributed by atoms with Crippen LogP contribution in [-0.4, -0.2) is 16.1 Å². The van der Waals surface area contributed by atoms with Crippen molar-refractivity contribution in [2.75, 3.05) is 9.80 Å². The van der Waals surface area contributed by atoms with Gasteiger partial charge in [0.25, 0.3) is 0 Å². The lowest BCUT2D eigenvalue weighted by Crippen LogP contribution is -2.37. The van der Waals surface area contributed by atoms with Crippen molar-refractivity contribution in [1.29, 1.82) is 10.5 Å². The summed E-state index contributed by atoms with van der Waals surface area (Å²) in [4.78, 5) is 4.94. The highest BCUT2D eigenvalue weighted by atomic mass is 28.3. The van der Waals surface area contributed by atoms with Gasteiger partial charge in [-0.25, -0.2) is 0 Å². The molecule has 66 heavy (non-hydrogen) atoms. The Labute approximate surface area is 394 Å². The zero-order valence-corrected chi connectivity index (χ0v) is 41.7. The Kier molecular flexibility index (Phi) is 11.6. The number of hydrogen-bond donors (Lipinski definition) is 0. The molecule has 0 N–H and O–H groups in total. The molecule has 330 valence electrons. The molecule has 0 heterocycles. The van der Waals surface area contributed by atoms with Gasteiger partial charge in [-0.05, 0) is 155 Å². The lowest BCUT2D eigenvalue weighted by Gasteiger charge is -2.33.